The number of rotatable bonds is 4. The molecule has 1 aromatic rings. The zero-order chi connectivity index (χ0) is 19.9. The van der Waals surface area contributed by atoms with Crippen LogP contribution in [0.15, 0.2) is 43.0 Å². The van der Waals surface area contributed by atoms with Crippen LogP contribution in [0.5, 0.6) is 0 Å². The van der Waals surface area contributed by atoms with Gasteiger partial charge in [-0.2, -0.15) is 0 Å². The summed E-state index contributed by atoms with van der Waals surface area (Å²) < 4.78 is 17.3. The molecule has 6 nitrogen and oxygen atoms in total. The van der Waals surface area contributed by atoms with Gasteiger partial charge in [-0.15, -0.1) is 6.58 Å². The molecule has 148 valence electrons. The highest BCUT2D eigenvalue weighted by molar-refractivity contribution is 5.89. The highest BCUT2D eigenvalue weighted by atomic mass is 16.7. The van der Waals surface area contributed by atoms with Gasteiger partial charge in [-0.05, 0) is 39.3 Å². The van der Waals surface area contributed by atoms with Gasteiger partial charge in [-0.3, -0.25) is 0 Å². The number of aliphatic hydroxyl groups is 1. The molecule has 0 amide bonds. The normalized spacial score (nSPS) is 38.3. The highest BCUT2D eigenvalue weighted by Gasteiger charge is 2.55. The van der Waals surface area contributed by atoms with Crippen LogP contribution in [0.25, 0.3) is 0 Å². The van der Waals surface area contributed by atoms with Crippen LogP contribution in [0.4, 0.5) is 0 Å². The summed E-state index contributed by atoms with van der Waals surface area (Å²) in [6.07, 6.45) is 1.23. The minimum absolute atomic E-state index is 0.210. The van der Waals surface area contributed by atoms with Gasteiger partial charge in [-0.1, -0.05) is 24.3 Å². The van der Waals surface area contributed by atoms with Crippen molar-refractivity contribution in [1.82, 2.24) is 0 Å². The fourth-order valence-electron chi connectivity index (χ4n) is 4.03. The van der Waals surface area contributed by atoms with E-state index in [2.05, 4.69) is 6.58 Å². The SMILES string of the molecule is C=C[C@]1(N)C[C@@H](OC(=O)c2ccccc2)[C@@](C)(O)C[C@@H]1[C@H]1COC(C)(C)O1. The Labute approximate surface area is 160 Å². The third-order valence-corrected chi connectivity index (χ3v) is 5.67. The van der Waals surface area contributed by atoms with Gasteiger partial charge in [0.25, 0.3) is 0 Å². The summed E-state index contributed by atoms with van der Waals surface area (Å²) >= 11 is 0. The molecule has 2 aliphatic rings. The molecule has 27 heavy (non-hydrogen) atoms. The van der Waals surface area contributed by atoms with Crippen molar-refractivity contribution in [3.8, 4) is 0 Å². The van der Waals surface area contributed by atoms with Crippen LogP contribution in [0, 0.1) is 5.92 Å². The van der Waals surface area contributed by atoms with E-state index in [9.17, 15) is 9.90 Å². The van der Waals surface area contributed by atoms with Crippen molar-refractivity contribution < 1.29 is 24.1 Å². The second kappa shape index (κ2) is 7.02. The Balaban J connectivity index is 1.79. The lowest BCUT2D eigenvalue weighted by atomic mass is 9.64. The number of nitrogens with two attached hydrogens (primary N) is 1. The molecule has 1 heterocycles. The maximum atomic E-state index is 12.5. The zero-order valence-electron chi connectivity index (χ0n) is 16.2. The van der Waals surface area contributed by atoms with Gasteiger partial charge >= 0.3 is 5.97 Å². The summed E-state index contributed by atoms with van der Waals surface area (Å²) in [5.41, 5.74) is 4.99. The third kappa shape index (κ3) is 4.09. The lowest BCUT2D eigenvalue weighted by Crippen LogP contribution is -2.63. The van der Waals surface area contributed by atoms with E-state index in [0.29, 0.717) is 18.6 Å². The molecule has 1 saturated heterocycles. The third-order valence-electron chi connectivity index (χ3n) is 5.67. The molecule has 3 N–H and O–H groups in total. The molecule has 5 atom stereocenters. The lowest BCUT2D eigenvalue weighted by molar-refractivity contribution is -0.169. The Hall–Kier alpha value is -1.73. The number of carbonyl (C=O) groups excluding carboxylic acids is 1. The van der Waals surface area contributed by atoms with Gasteiger partial charge in [0.1, 0.15) is 6.10 Å². The van der Waals surface area contributed by atoms with Gasteiger partial charge in [0.05, 0.1) is 23.9 Å². The topological polar surface area (TPSA) is 91.0 Å². The number of hydrogen-bond donors (Lipinski definition) is 2. The van der Waals surface area contributed by atoms with Gasteiger partial charge < -0.3 is 25.1 Å². The van der Waals surface area contributed by atoms with Gasteiger partial charge in [0.2, 0.25) is 0 Å². The molecule has 0 radical (unpaired) electrons. The van der Waals surface area contributed by atoms with Gasteiger partial charge in [0, 0.05) is 17.9 Å². The standard InChI is InChI=1S/C21H29NO5/c1-5-21(22)12-17(26-18(23)14-9-7-6-8-10-14)20(4,24)11-15(21)16-13-25-19(2,3)27-16/h5-10,15-17,24H,1,11-13,22H2,2-4H3/t15-,16-,17-,20+,21+/m1/s1. The number of esters is 1. The fraction of sp³-hybridized carbons (Fsp3) is 0.571. The molecule has 3 rings (SSSR count). The van der Waals surface area contributed by atoms with E-state index in [1.54, 1.807) is 37.3 Å². The monoisotopic (exact) mass is 375 g/mol. The maximum Gasteiger partial charge on any atom is 0.338 e. The fourth-order valence-corrected chi connectivity index (χ4v) is 4.03. The van der Waals surface area contributed by atoms with Crippen molar-refractivity contribution in [2.24, 2.45) is 11.7 Å². The smallest absolute Gasteiger partial charge is 0.338 e. The highest BCUT2D eigenvalue weighted by Crippen LogP contribution is 2.45. The van der Waals surface area contributed by atoms with Crippen molar-refractivity contribution in [2.75, 3.05) is 6.61 Å². The Morgan fingerprint density at radius 2 is 1.96 bits per heavy atom. The Kier molecular flexibility index (Phi) is 5.20. The molecule has 0 aromatic heterocycles. The molecule has 0 spiro atoms. The summed E-state index contributed by atoms with van der Waals surface area (Å²) in [5, 5.41) is 11.1. The second-order valence-corrected chi connectivity index (χ2v) is 8.32. The molecule has 6 heteroatoms. The van der Waals surface area contributed by atoms with Gasteiger partial charge in [0.15, 0.2) is 5.79 Å². The minimum atomic E-state index is -1.24. The van der Waals surface area contributed by atoms with Crippen LogP contribution in [-0.2, 0) is 14.2 Å². The van der Waals surface area contributed by atoms with E-state index >= 15 is 0 Å². The molecule has 1 saturated carbocycles. The first-order chi connectivity index (χ1) is 12.6. The van der Waals surface area contributed by atoms with Crippen LogP contribution in [0.3, 0.4) is 0 Å². The summed E-state index contributed by atoms with van der Waals surface area (Å²) in [5.74, 6) is -1.37. The average molecular weight is 375 g/mol. The van der Waals surface area contributed by atoms with E-state index < -0.39 is 29.0 Å². The Bertz CT molecular complexity index is 702. The van der Waals surface area contributed by atoms with E-state index in [1.165, 1.54) is 0 Å². The molecule has 2 fully saturated rings. The van der Waals surface area contributed by atoms with E-state index in [0.717, 1.165) is 0 Å². The van der Waals surface area contributed by atoms with Gasteiger partial charge in [-0.25, -0.2) is 4.79 Å². The van der Waals surface area contributed by atoms with Crippen LogP contribution >= 0.6 is 0 Å². The van der Waals surface area contributed by atoms with Crippen molar-refractivity contribution in [1.29, 1.82) is 0 Å². The average Bonchev–Trinajstić information content (AvgIpc) is 2.98. The quantitative estimate of drug-likeness (QED) is 0.620. The summed E-state index contributed by atoms with van der Waals surface area (Å²) in [4.78, 5) is 12.5. The van der Waals surface area contributed by atoms with E-state index in [4.69, 9.17) is 19.9 Å². The molecule has 1 aliphatic heterocycles. The molecule has 1 aliphatic carbocycles. The number of hydrogen-bond acceptors (Lipinski definition) is 6. The van der Waals surface area contributed by atoms with Crippen LogP contribution < -0.4 is 5.73 Å². The van der Waals surface area contributed by atoms with Crippen molar-refractivity contribution in [3.63, 3.8) is 0 Å². The molecule has 1 aromatic carbocycles. The van der Waals surface area contributed by atoms with Crippen LogP contribution in [-0.4, -0.2) is 46.8 Å². The lowest BCUT2D eigenvalue weighted by Gasteiger charge is -2.50. The summed E-state index contributed by atoms with van der Waals surface area (Å²) in [6.45, 7) is 9.66. The molecular weight excluding hydrogens is 346 g/mol. The minimum Gasteiger partial charge on any atom is -0.456 e. The first-order valence-electron chi connectivity index (χ1n) is 9.29. The van der Waals surface area contributed by atoms with E-state index in [1.807, 2.05) is 19.9 Å². The number of carbonyl (C=O) groups is 1. The first-order valence-corrected chi connectivity index (χ1v) is 9.29. The van der Waals surface area contributed by atoms with Crippen LogP contribution in [0.1, 0.15) is 44.0 Å². The summed E-state index contributed by atoms with van der Waals surface area (Å²) in [7, 11) is 0. The number of benzene rings is 1. The van der Waals surface area contributed by atoms with Crippen molar-refractivity contribution >= 4 is 5.97 Å². The number of ether oxygens (including phenoxy) is 3. The largest absolute Gasteiger partial charge is 0.456 e. The first kappa shape index (κ1) is 20.0. The predicted octanol–water partition coefficient (Wildman–Crippen LogP) is 2.41. The maximum absolute atomic E-state index is 12.5. The van der Waals surface area contributed by atoms with Crippen LogP contribution in [0.2, 0.25) is 0 Å². The second-order valence-electron chi connectivity index (χ2n) is 8.32. The Morgan fingerprint density at radius 1 is 1.30 bits per heavy atom. The van der Waals surface area contributed by atoms with Crippen molar-refractivity contribution in [2.45, 2.75) is 62.7 Å². The van der Waals surface area contributed by atoms with Crippen molar-refractivity contribution in [3.05, 3.63) is 48.6 Å². The molecule has 0 bridgehead atoms. The molecule has 0 unspecified atom stereocenters. The zero-order valence-corrected chi connectivity index (χ0v) is 16.2. The summed E-state index contributed by atoms with van der Waals surface area (Å²) in [6, 6.07) is 8.71. The van der Waals surface area contributed by atoms with E-state index in [-0.39, 0.29) is 18.4 Å². The molecular formula is C21H29NO5. The Morgan fingerprint density at radius 3 is 2.52 bits per heavy atom. The predicted molar refractivity (Wildman–Crippen MR) is 101 cm³/mol.